The van der Waals surface area contributed by atoms with Crippen LogP contribution in [0.3, 0.4) is 0 Å². The summed E-state index contributed by atoms with van der Waals surface area (Å²) in [6, 6.07) is 78.6. The van der Waals surface area contributed by atoms with E-state index in [-0.39, 0.29) is 0 Å². The van der Waals surface area contributed by atoms with Crippen molar-refractivity contribution in [2.75, 3.05) is 0 Å². The summed E-state index contributed by atoms with van der Waals surface area (Å²) in [5.41, 5.74) is 13.2. The first-order valence-electron chi connectivity index (χ1n) is 21.2. The van der Waals surface area contributed by atoms with Gasteiger partial charge in [-0.3, -0.25) is 0 Å². The molecule has 10 aromatic carbocycles. The molecule has 13 rings (SSSR count). The highest BCUT2D eigenvalue weighted by atomic mass is 15.0. The summed E-state index contributed by atoms with van der Waals surface area (Å²) >= 11 is 0. The molecule has 4 nitrogen and oxygen atoms in total. The molecule has 0 aliphatic rings. The number of fused-ring (bicyclic) bond motifs is 10. The SMILES string of the molecule is c1ccc(-c2nc(-c3ccc(-n4c5ccccc5c5cc6c7c8ccccc8cc(-c8ccccc8)c7n(-c7ccccc7)c6cc54)c4ccccc34)nc3ccccc23)cc1. The van der Waals surface area contributed by atoms with Gasteiger partial charge >= 0.3 is 0 Å². The van der Waals surface area contributed by atoms with Gasteiger partial charge in [0.25, 0.3) is 0 Å². The second kappa shape index (κ2) is 13.6. The molecule has 4 heteroatoms. The van der Waals surface area contributed by atoms with E-state index in [0.717, 1.165) is 66.4 Å². The van der Waals surface area contributed by atoms with Crippen LogP contribution in [-0.4, -0.2) is 19.1 Å². The van der Waals surface area contributed by atoms with Gasteiger partial charge in [-0.15, -0.1) is 0 Å². The van der Waals surface area contributed by atoms with Crippen molar-refractivity contribution < 1.29 is 0 Å². The largest absolute Gasteiger partial charge is 0.309 e. The van der Waals surface area contributed by atoms with Gasteiger partial charge in [-0.2, -0.15) is 0 Å². The predicted octanol–water partition coefficient (Wildman–Crippen LogP) is 15.1. The van der Waals surface area contributed by atoms with Crippen LogP contribution in [0.2, 0.25) is 0 Å². The molecule has 13 aromatic rings. The molecule has 0 radical (unpaired) electrons. The lowest BCUT2D eigenvalue weighted by Gasteiger charge is -2.16. The Hall–Kier alpha value is -8.34. The average Bonchev–Trinajstić information content (AvgIpc) is 3.85. The molecule has 0 amide bonds. The van der Waals surface area contributed by atoms with Crippen LogP contribution in [0.5, 0.6) is 0 Å². The summed E-state index contributed by atoms with van der Waals surface area (Å²) in [5.74, 6) is 0.711. The lowest BCUT2D eigenvalue weighted by Crippen LogP contribution is -1.99. The van der Waals surface area contributed by atoms with Crippen molar-refractivity contribution in [3.8, 4) is 45.1 Å². The van der Waals surface area contributed by atoms with E-state index in [1.807, 2.05) is 6.07 Å². The minimum Gasteiger partial charge on any atom is -0.309 e. The lowest BCUT2D eigenvalue weighted by molar-refractivity contribution is 1.17. The van der Waals surface area contributed by atoms with Gasteiger partial charge in [0, 0.05) is 54.7 Å². The Balaban J connectivity index is 1.13. The van der Waals surface area contributed by atoms with E-state index >= 15 is 0 Å². The van der Waals surface area contributed by atoms with Gasteiger partial charge in [-0.1, -0.05) is 164 Å². The Bertz CT molecular complexity index is 3900. The van der Waals surface area contributed by atoms with Crippen LogP contribution < -0.4 is 0 Å². The van der Waals surface area contributed by atoms with Crippen LogP contribution in [0.4, 0.5) is 0 Å². The summed E-state index contributed by atoms with van der Waals surface area (Å²) in [5, 5.41) is 10.7. The Labute approximate surface area is 357 Å². The molecular weight excluding hydrogens is 753 g/mol. The predicted molar refractivity (Wildman–Crippen MR) is 260 cm³/mol. The molecule has 3 heterocycles. The Morgan fingerprint density at radius 1 is 0.339 bits per heavy atom. The van der Waals surface area contributed by atoms with Gasteiger partial charge in [0.1, 0.15) is 0 Å². The number of benzene rings is 10. The van der Waals surface area contributed by atoms with E-state index in [1.165, 1.54) is 49.0 Å². The van der Waals surface area contributed by atoms with Gasteiger partial charge in [0.05, 0.1) is 39.0 Å². The fourth-order valence-corrected chi connectivity index (χ4v) is 9.98. The molecule has 0 fully saturated rings. The molecule has 0 atom stereocenters. The molecule has 0 aliphatic heterocycles. The third-order valence-electron chi connectivity index (χ3n) is 12.7. The number of para-hydroxylation sites is 3. The normalized spacial score (nSPS) is 11.9. The first kappa shape index (κ1) is 34.5. The van der Waals surface area contributed by atoms with E-state index in [1.54, 1.807) is 0 Å². The zero-order chi connectivity index (χ0) is 40.7. The Morgan fingerprint density at radius 2 is 0.952 bits per heavy atom. The maximum absolute atomic E-state index is 5.31. The first-order chi connectivity index (χ1) is 30.8. The van der Waals surface area contributed by atoms with Gasteiger partial charge in [-0.05, 0) is 76.3 Å². The summed E-state index contributed by atoms with van der Waals surface area (Å²) in [6.07, 6.45) is 0. The number of nitrogens with zero attached hydrogens (tertiary/aromatic N) is 4. The van der Waals surface area contributed by atoms with Crippen molar-refractivity contribution in [3.63, 3.8) is 0 Å². The summed E-state index contributed by atoms with van der Waals surface area (Å²) in [7, 11) is 0. The van der Waals surface area contributed by atoms with Crippen molar-refractivity contribution in [2.45, 2.75) is 0 Å². The summed E-state index contributed by atoms with van der Waals surface area (Å²) < 4.78 is 4.96. The summed E-state index contributed by atoms with van der Waals surface area (Å²) in [4.78, 5) is 10.5. The van der Waals surface area contributed by atoms with Crippen LogP contribution in [0.1, 0.15) is 0 Å². The highest BCUT2D eigenvalue weighted by molar-refractivity contribution is 6.28. The first-order valence-corrected chi connectivity index (χ1v) is 21.2. The van der Waals surface area contributed by atoms with E-state index < -0.39 is 0 Å². The molecule has 3 aromatic heterocycles. The zero-order valence-corrected chi connectivity index (χ0v) is 33.6. The van der Waals surface area contributed by atoms with Crippen LogP contribution >= 0.6 is 0 Å². The quantitative estimate of drug-likeness (QED) is 0.174. The molecule has 62 heavy (non-hydrogen) atoms. The standard InChI is InChI=1S/C58H36N4/c1-4-18-37(19-5-1)47-34-39-22-10-11-25-41(39)55-49-35-48-44-28-15-17-31-51(44)62(53(48)36-54(49)61(57(47)55)40-23-8-3-9-24-40)52-33-32-45(42-26-12-13-27-43(42)52)58-59-50-30-16-14-29-46(50)56(60-58)38-20-6-2-7-21-38/h1-36H. The second-order valence-corrected chi connectivity index (χ2v) is 16.1. The van der Waals surface area contributed by atoms with Gasteiger partial charge in [0.15, 0.2) is 5.82 Å². The molecule has 0 unspecified atom stereocenters. The van der Waals surface area contributed by atoms with E-state index in [9.17, 15) is 0 Å². The number of hydrogen-bond donors (Lipinski definition) is 0. The smallest absolute Gasteiger partial charge is 0.161 e. The molecule has 0 saturated heterocycles. The van der Waals surface area contributed by atoms with Gasteiger partial charge in [-0.25, -0.2) is 9.97 Å². The lowest BCUT2D eigenvalue weighted by atomic mass is 9.96. The third kappa shape index (κ3) is 5.14. The maximum atomic E-state index is 5.31. The fourth-order valence-electron chi connectivity index (χ4n) is 9.98. The highest BCUT2D eigenvalue weighted by Gasteiger charge is 2.24. The van der Waals surface area contributed by atoms with Gasteiger partial charge < -0.3 is 9.13 Å². The third-order valence-corrected chi connectivity index (χ3v) is 12.7. The number of aromatic nitrogens is 4. The van der Waals surface area contributed by atoms with E-state index in [4.69, 9.17) is 9.97 Å². The molecular formula is C58H36N4. The maximum Gasteiger partial charge on any atom is 0.161 e. The molecule has 288 valence electrons. The van der Waals surface area contributed by atoms with Crippen LogP contribution in [0.15, 0.2) is 218 Å². The number of rotatable bonds is 5. The fraction of sp³-hybridized carbons (Fsp3) is 0. The van der Waals surface area contributed by atoms with Crippen molar-refractivity contribution in [2.24, 2.45) is 0 Å². The summed E-state index contributed by atoms with van der Waals surface area (Å²) in [6.45, 7) is 0. The molecule has 0 N–H and O–H groups in total. The van der Waals surface area contributed by atoms with E-state index in [2.05, 4.69) is 221 Å². The van der Waals surface area contributed by atoms with E-state index in [0.29, 0.717) is 5.82 Å². The van der Waals surface area contributed by atoms with Crippen LogP contribution in [0.25, 0.3) is 121 Å². The Morgan fingerprint density at radius 3 is 1.74 bits per heavy atom. The molecule has 0 bridgehead atoms. The monoisotopic (exact) mass is 788 g/mol. The van der Waals surface area contributed by atoms with Crippen molar-refractivity contribution in [3.05, 3.63) is 218 Å². The molecule has 0 spiro atoms. The van der Waals surface area contributed by atoms with Crippen LogP contribution in [0, 0.1) is 0 Å². The van der Waals surface area contributed by atoms with Crippen molar-refractivity contribution in [1.82, 2.24) is 19.1 Å². The number of hydrogen-bond acceptors (Lipinski definition) is 2. The molecule has 0 saturated carbocycles. The minimum absolute atomic E-state index is 0.711. The highest BCUT2D eigenvalue weighted by Crippen LogP contribution is 2.46. The van der Waals surface area contributed by atoms with Crippen molar-refractivity contribution >= 4 is 76.1 Å². The Kier molecular flexibility index (Phi) is 7.57. The zero-order valence-electron chi connectivity index (χ0n) is 33.6. The minimum atomic E-state index is 0.711. The average molecular weight is 789 g/mol. The molecule has 0 aliphatic carbocycles. The van der Waals surface area contributed by atoms with Gasteiger partial charge in [0.2, 0.25) is 0 Å². The second-order valence-electron chi connectivity index (χ2n) is 16.1. The van der Waals surface area contributed by atoms with Crippen LogP contribution in [-0.2, 0) is 0 Å². The topological polar surface area (TPSA) is 35.6 Å². The van der Waals surface area contributed by atoms with Crippen molar-refractivity contribution in [1.29, 1.82) is 0 Å².